The fourth-order valence-electron chi connectivity index (χ4n) is 3.49. The first kappa shape index (κ1) is 19.6. The highest BCUT2D eigenvalue weighted by Gasteiger charge is 2.14. The Bertz CT molecular complexity index is 1090. The van der Waals surface area contributed by atoms with E-state index in [1.165, 1.54) is 11.8 Å². The van der Waals surface area contributed by atoms with Crippen LogP contribution < -0.4 is 10.7 Å². The maximum atomic E-state index is 12.7. The number of pyridine rings is 1. The number of ether oxygens (including phenoxy) is 1. The topological polar surface area (TPSA) is 74.4 Å². The molecule has 3 aromatic rings. The van der Waals surface area contributed by atoms with Crippen molar-refractivity contribution >= 4 is 28.4 Å². The molecule has 0 unspecified atom stereocenters. The lowest BCUT2D eigenvalue weighted by Crippen LogP contribution is -2.35. The Morgan fingerprint density at radius 1 is 1.14 bits per heavy atom. The van der Waals surface area contributed by atoms with Gasteiger partial charge in [0.1, 0.15) is 5.56 Å². The van der Waals surface area contributed by atoms with Crippen LogP contribution in [0.3, 0.4) is 0 Å². The van der Waals surface area contributed by atoms with E-state index in [1.54, 1.807) is 18.2 Å². The van der Waals surface area contributed by atoms with Crippen LogP contribution in [0.2, 0.25) is 5.02 Å². The monoisotopic (exact) mass is 411 g/mol. The minimum atomic E-state index is -0.410. The van der Waals surface area contributed by atoms with Gasteiger partial charge in [-0.25, -0.2) is 0 Å². The predicted octanol–water partition coefficient (Wildman–Crippen LogP) is 2.94. The fraction of sp³-hybridized carbons (Fsp3) is 0.273. The summed E-state index contributed by atoms with van der Waals surface area (Å²) in [4.78, 5) is 30.6. The summed E-state index contributed by atoms with van der Waals surface area (Å²) in [7, 11) is 0. The van der Waals surface area contributed by atoms with Crippen LogP contribution in [0.15, 0.2) is 53.5 Å². The molecule has 2 aromatic carbocycles. The van der Waals surface area contributed by atoms with E-state index in [0.29, 0.717) is 22.5 Å². The molecule has 1 amide bonds. The van der Waals surface area contributed by atoms with E-state index in [2.05, 4.69) is 27.3 Å². The van der Waals surface area contributed by atoms with Crippen LogP contribution in [0.25, 0.3) is 10.9 Å². The number of morpholine rings is 1. The van der Waals surface area contributed by atoms with Gasteiger partial charge in [-0.3, -0.25) is 14.5 Å². The number of rotatable bonds is 5. The van der Waals surface area contributed by atoms with Gasteiger partial charge in [0.2, 0.25) is 5.43 Å². The first-order chi connectivity index (χ1) is 14.1. The number of aromatic amines is 1. The SMILES string of the molecule is O=C(NCc1cccc(CN2CCOCC2)c1)c1c[nH]c2ccc(Cl)cc2c1=O. The van der Waals surface area contributed by atoms with E-state index in [1.807, 2.05) is 12.1 Å². The maximum Gasteiger partial charge on any atom is 0.257 e. The molecule has 0 spiro atoms. The molecule has 0 atom stereocenters. The van der Waals surface area contributed by atoms with Crippen molar-refractivity contribution in [2.24, 2.45) is 0 Å². The minimum Gasteiger partial charge on any atom is -0.379 e. The molecular weight excluding hydrogens is 390 g/mol. The summed E-state index contributed by atoms with van der Waals surface area (Å²) in [5, 5.41) is 3.70. The molecule has 0 bridgehead atoms. The number of hydrogen-bond donors (Lipinski definition) is 2. The Labute approximate surface area is 173 Å². The van der Waals surface area contributed by atoms with Gasteiger partial charge < -0.3 is 15.0 Å². The summed E-state index contributed by atoms with van der Waals surface area (Å²) < 4.78 is 5.39. The van der Waals surface area contributed by atoms with E-state index in [-0.39, 0.29) is 11.0 Å². The summed E-state index contributed by atoms with van der Waals surface area (Å²) in [5.74, 6) is -0.410. The van der Waals surface area contributed by atoms with Crippen molar-refractivity contribution in [1.29, 1.82) is 0 Å². The number of benzene rings is 2. The third kappa shape index (κ3) is 4.67. The lowest BCUT2D eigenvalue weighted by atomic mass is 10.1. The molecule has 0 saturated carbocycles. The van der Waals surface area contributed by atoms with Crippen molar-refractivity contribution in [2.45, 2.75) is 13.1 Å². The number of nitrogens with one attached hydrogen (secondary N) is 2. The number of halogens is 1. The normalized spacial score (nSPS) is 14.8. The van der Waals surface area contributed by atoms with Crippen molar-refractivity contribution in [2.75, 3.05) is 26.3 Å². The summed E-state index contributed by atoms with van der Waals surface area (Å²) in [5.41, 5.74) is 2.57. The Morgan fingerprint density at radius 3 is 2.76 bits per heavy atom. The van der Waals surface area contributed by atoms with E-state index >= 15 is 0 Å². The van der Waals surface area contributed by atoms with Gasteiger partial charge in [0.15, 0.2) is 0 Å². The molecule has 1 saturated heterocycles. The number of amides is 1. The number of carbonyl (C=O) groups is 1. The lowest BCUT2D eigenvalue weighted by Gasteiger charge is -2.26. The molecule has 1 fully saturated rings. The third-order valence-electron chi connectivity index (χ3n) is 5.04. The molecule has 1 aliphatic rings. The molecule has 1 aliphatic heterocycles. The lowest BCUT2D eigenvalue weighted by molar-refractivity contribution is 0.0342. The van der Waals surface area contributed by atoms with Crippen LogP contribution >= 0.6 is 11.6 Å². The number of carbonyl (C=O) groups excluding carboxylic acids is 1. The van der Waals surface area contributed by atoms with E-state index in [4.69, 9.17) is 16.3 Å². The number of aromatic nitrogens is 1. The predicted molar refractivity (Wildman–Crippen MR) is 113 cm³/mol. The molecule has 7 heteroatoms. The smallest absolute Gasteiger partial charge is 0.257 e. The van der Waals surface area contributed by atoms with E-state index in [9.17, 15) is 9.59 Å². The van der Waals surface area contributed by atoms with Crippen molar-refractivity contribution in [3.05, 3.63) is 80.6 Å². The van der Waals surface area contributed by atoms with Gasteiger partial charge in [-0.2, -0.15) is 0 Å². The number of H-pyrrole nitrogens is 1. The standard InChI is InChI=1S/C22H22ClN3O3/c23-17-4-5-20-18(11-17)21(27)19(13-24-20)22(28)25-12-15-2-1-3-16(10-15)14-26-6-8-29-9-7-26/h1-5,10-11,13H,6-9,12,14H2,(H,24,27)(H,25,28). The Morgan fingerprint density at radius 2 is 1.93 bits per heavy atom. The van der Waals surface area contributed by atoms with Crippen molar-refractivity contribution in [3.8, 4) is 0 Å². The number of nitrogens with zero attached hydrogens (tertiary/aromatic N) is 1. The molecule has 2 N–H and O–H groups in total. The van der Waals surface area contributed by atoms with Crippen molar-refractivity contribution < 1.29 is 9.53 Å². The highest BCUT2D eigenvalue weighted by atomic mass is 35.5. The largest absolute Gasteiger partial charge is 0.379 e. The summed E-state index contributed by atoms with van der Waals surface area (Å²) in [6.07, 6.45) is 1.45. The van der Waals surface area contributed by atoms with Gasteiger partial charge in [-0.1, -0.05) is 35.9 Å². The zero-order valence-corrected chi connectivity index (χ0v) is 16.7. The zero-order valence-electron chi connectivity index (χ0n) is 15.9. The van der Waals surface area contributed by atoms with Gasteiger partial charge in [0.25, 0.3) is 5.91 Å². The second-order valence-electron chi connectivity index (χ2n) is 7.11. The van der Waals surface area contributed by atoms with Gasteiger partial charge >= 0.3 is 0 Å². The second kappa shape index (κ2) is 8.78. The van der Waals surface area contributed by atoms with Crippen LogP contribution in [0.5, 0.6) is 0 Å². The molecule has 2 heterocycles. The Kier molecular flexibility index (Phi) is 5.94. The molecule has 0 radical (unpaired) electrons. The number of hydrogen-bond acceptors (Lipinski definition) is 4. The van der Waals surface area contributed by atoms with Crippen LogP contribution in [0, 0.1) is 0 Å². The highest BCUT2D eigenvalue weighted by molar-refractivity contribution is 6.31. The quantitative estimate of drug-likeness (QED) is 0.677. The minimum absolute atomic E-state index is 0.0734. The summed E-state index contributed by atoms with van der Waals surface area (Å²) in [6, 6.07) is 13.1. The van der Waals surface area contributed by atoms with Gasteiger partial charge in [-0.05, 0) is 29.3 Å². The van der Waals surface area contributed by atoms with Crippen molar-refractivity contribution in [1.82, 2.24) is 15.2 Å². The summed E-state index contributed by atoms with van der Waals surface area (Å²) in [6.45, 7) is 4.59. The van der Waals surface area contributed by atoms with Gasteiger partial charge in [-0.15, -0.1) is 0 Å². The van der Waals surface area contributed by atoms with Crippen LogP contribution in [-0.2, 0) is 17.8 Å². The summed E-state index contributed by atoms with van der Waals surface area (Å²) >= 11 is 5.98. The molecule has 4 rings (SSSR count). The van der Waals surface area contributed by atoms with E-state index < -0.39 is 5.91 Å². The molecule has 0 aliphatic carbocycles. The molecule has 150 valence electrons. The average molecular weight is 412 g/mol. The van der Waals surface area contributed by atoms with Crippen LogP contribution in [0.4, 0.5) is 0 Å². The first-order valence-corrected chi connectivity index (χ1v) is 9.95. The first-order valence-electron chi connectivity index (χ1n) is 9.57. The van der Waals surface area contributed by atoms with E-state index in [0.717, 1.165) is 38.4 Å². The van der Waals surface area contributed by atoms with Gasteiger partial charge in [0, 0.05) is 48.3 Å². The third-order valence-corrected chi connectivity index (χ3v) is 5.28. The average Bonchev–Trinajstić information content (AvgIpc) is 2.74. The van der Waals surface area contributed by atoms with Crippen LogP contribution in [0.1, 0.15) is 21.5 Å². The number of fused-ring (bicyclic) bond motifs is 1. The highest BCUT2D eigenvalue weighted by Crippen LogP contribution is 2.15. The fourth-order valence-corrected chi connectivity index (χ4v) is 3.66. The van der Waals surface area contributed by atoms with Gasteiger partial charge in [0.05, 0.1) is 13.2 Å². The molecule has 29 heavy (non-hydrogen) atoms. The maximum absolute atomic E-state index is 12.7. The Balaban J connectivity index is 1.44. The molecule has 1 aromatic heterocycles. The van der Waals surface area contributed by atoms with Crippen molar-refractivity contribution in [3.63, 3.8) is 0 Å². The molecular formula is C22H22ClN3O3. The molecule has 6 nitrogen and oxygen atoms in total. The van der Waals surface area contributed by atoms with Crippen LogP contribution in [-0.4, -0.2) is 42.1 Å². The Hall–Kier alpha value is -2.67. The second-order valence-corrected chi connectivity index (χ2v) is 7.55. The zero-order chi connectivity index (χ0) is 20.2.